The number of piperazine rings is 1. The number of carboxylic acid groups (broad SMARTS) is 2. The summed E-state index contributed by atoms with van der Waals surface area (Å²) >= 11 is 0. The number of hydrogen-bond acceptors (Lipinski definition) is 5. The Balaban J connectivity index is 0.000000469. The lowest BCUT2D eigenvalue weighted by molar-refractivity contribution is -0.159. The summed E-state index contributed by atoms with van der Waals surface area (Å²) in [7, 11) is 0. The van der Waals surface area contributed by atoms with Crippen LogP contribution < -0.4 is 9.64 Å². The Hall–Kier alpha value is -3.06. The number of ether oxygens (including phenoxy) is 1. The highest BCUT2D eigenvalue weighted by Crippen LogP contribution is 2.24. The van der Waals surface area contributed by atoms with Crippen LogP contribution in [0.2, 0.25) is 0 Å². The van der Waals surface area contributed by atoms with Gasteiger partial charge in [-0.05, 0) is 55.7 Å². The molecule has 30 heavy (non-hydrogen) atoms. The maximum atomic E-state index is 9.10. The Labute approximate surface area is 177 Å². The third-order valence-electron chi connectivity index (χ3n) is 5.11. The van der Waals surface area contributed by atoms with Crippen LogP contribution in [0.25, 0.3) is 0 Å². The first-order chi connectivity index (χ1) is 14.3. The van der Waals surface area contributed by atoms with Gasteiger partial charge in [0, 0.05) is 38.4 Å². The summed E-state index contributed by atoms with van der Waals surface area (Å²) in [5.74, 6) is -2.69. The van der Waals surface area contributed by atoms with Crippen LogP contribution in [0.5, 0.6) is 5.75 Å². The van der Waals surface area contributed by atoms with E-state index in [-0.39, 0.29) is 0 Å². The number of benzene rings is 2. The van der Waals surface area contributed by atoms with E-state index in [9.17, 15) is 0 Å². The van der Waals surface area contributed by atoms with E-state index in [4.69, 9.17) is 24.5 Å². The van der Waals surface area contributed by atoms with Gasteiger partial charge in [0.25, 0.3) is 0 Å². The second kappa shape index (κ2) is 11.2. The molecule has 0 atom stereocenters. The van der Waals surface area contributed by atoms with Gasteiger partial charge in [-0.2, -0.15) is 0 Å². The van der Waals surface area contributed by atoms with Gasteiger partial charge in [0.05, 0.1) is 6.61 Å². The number of nitrogens with zero attached hydrogens (tertiary/aromatic N) is 2. The zero-order valence-corrected chi connectivity index (χ0v) is 17.8. The van der Waals surface area contributed by atoms with Crippen molar-refractivity contribution in [3.8, 4) is 5.75 Å². The van der Waals surface area contributed by atoms with Crippen molar-refractivity contribution >= 4 is 17.6 Å². The van der Waals surface area contributed by atoms with Crippen LogP contribution in [0.3, 0.4) is 0 Å². The van der Waals surface area contributed by atoms with E-state index in [1.54, 1.807) is 0 Å². The summed E-state index contributed by atoms with van der Waals surface area (Å²) in [5.41, 5.74) is 5.55. The molecule has 1 aliphatic heterocycles. The topological polar surface area (TPSA) is 90.3 Å². The van der Waals surface area contributed by atoms with E-state index in [1.807, 2.05) is 6.92 Å². The highest BCUT2D eigenvalue weighted by Gasteiger charge is 2.18. The molecule has 0 saturated carbocycles. The molecule has 1 fully saturated rings. The molecule has 0 bridgehead atoms. The van der Waals surface area contributed by atoms with Gasteiger partial charge < -0.3 is 19.8 Å². The minimum absolute atomic E-state index is 0.722. The van der Waals surface area contributed by atoms with Crippen LogP contribution in [0, 0.1) is 13.8 Å². The number of aliphatic carboxylic acids is 2. The van der Waals surface area contributed by atoms with E-state index < -0.39 is 11.9 Å². The van der Waals surface area contributed by atoms with Gasteiger partial charge in [-0.3, -0.25) is 4.90 Å². The summed E-state index contributed by atoms with van der Waals surface area (Å²) in [4.78, 5) is 23.3. The average molecular weight is 415 g/mol. The molecule has 1 saturated heterocycles. The molecule has 3 rings (SSSR count). The van der Waals surface area contributed by atoms with Crippen LogP contribution in [-0.2, 0) is 16.1 Å². The molecule has 1 heterocycles. The van der Waals surface area contributed by atoms with E-state index in [0.717, 1.165) is 45.1 Å². The highest BCUT2D eigenvalue weighted by atomic mass is 16.5. The SMILES string of the molecule is CCOc1ccc(CN2CCN(c3cccc(C)c3C)CC2)cc1.O=C(O)C(=O)O. The predicted molar refractivity (Wildman–Crippen MR) is 116 cm³/mol. The molecule has 1 aliphatic rings. The van der Waals surface area contributed by atoms with Crippen LogP contribution >= 0.6 is 0 Å². The monoisotopic (exact) mass is 414 g/mol. The van der Waals surface area contributed by atoms with Gasteiger partial charge in [-0.1, -0.05) is 24.3 Å². The van der Waals surface area contributed by atoms with Crippen molar-refractivity contribution < 1.29 is 24.5 Å². The minimum Gasteiger partial charge on any atom is -0.494 e. The molecule has 0 aromatic heterocycles. The summed E-state index contributed by atoms with van der Waals surface area (Å²) in [5, 5.41) is 14.8. The second-order valence-corrected chi connectivity index (χ2v) is 7.17. The smallest absolute Gasteiger partial charge is 0.414 e. The van der Waals surface area contributed by atoms with Gasteiger partial charge in [-0.25, -0.2) is 9.59 Å². The highest BCUT2D eigenvalue weighted by molar-refractivity contribution is 6.27. The fourth-order valence-electron chi connectivity index (χ4n) is 3.34. The molecule has 0 unspecified atom stereocenters. The molecule has 0 amide bonds. The van der Waals surface area contributed by atoms with Gasteiger partial charge in [0.2, 0.25) is 0 Å². The normalized spacial score (nSPS) is 13.9. The Morgan fingerprint density at radius 1 is 0.933 bits per heavy atom. The zero-order chi connectivity index (χ0) is 22.1. The Morgan fingerprint density at radius 3 is 2.07 bits per heavy atom. The van der Waals surface area contributed by atoms with E-state index in [2.05, 4.69) is 66.1 Å². The number of aryl methyl sites for hydroxylation is 1. The lowest BCUT2D eigenvalue weighted by Crippen LogP contribution is -2.46. The van der Waals surface area contributed by atoms with E-state index in [1.165, 1.54) is 22.4 Å². The molecule has 0 aliphatic carbocycles. The molecule has 162 valence electrons. The van der Waals surface area contributed by atoms with Crippen molar-refractivity contribution in [2.24, 2.45) is 0 Å². The molecule has 7 heteroatoms. The van der Waals surface area contributed by atoms with Gasteiger partial charge in [0.1, 0.15) is 5.75 Å². The molecule has 2 aromatic carbocycles. The van der Waals surface area contributed by atoms with Crippen molar-refractivity contribution in [1.29, 1.82) is 0 Å². The van der Waals surface area contributed by atoms with Crippen molar-refractivity contribution in [3.05, 3.63) is 59.2 Å². The zero-order valence-electron chi connectivity index (χ0n) is 17.8. The van der Waals surface area contributed by atoms with Crippen LogP contribution in [0.15, 0.2) is 42.5 Å². The summed E-state index contributed by atoms with van der Waals surface area (Å²) in [6, 6.07) is 15.1. The minimum atomic E-state index is -1.82. The first-order valence-corrected chi connectivity index (χ1v) is 10.0. The summed E-state index contributed by atoms with van der Waals surface area (Å²) in [6.07, 6.45) is 0. The third-order valence-corrected chi connectivity index (χ3v) is 5.11. The maximum absolute atomic E-state index is 9.10. The molecule has 0 radical (unpaired) electrons. The van der Waals surface area contributed by atoms with Gasteiger partial charge in [-0.15, -0.1) is 0 Å². The predicted octanol–water partition coefficient (Wildman–Crippen LogP) is 3.18. The first-order valence-electron chi connectivity index (χ1n) is 10.0. The number of hydrogen-bond donors (Lipinski definition) is 2. The van der Waals surface area contributed by atoms with Gasteiger partial charge >= 0.3 is 11.9 Å². The lowest BCUT2D eigenvalue weighted by Gasteiger charge is -2.37. The molecule has 2 aromatic rings. The van der Waals surface area contributed by atoms with Crippen molar-refractivity contribution in [2.45, 2.75) is 27.3 Å². The Kier molecular flexibility index (Phi) is 8.68. The second-order valence-electron chi connectivity index (χ2n) is 7.17. The summed E-state index contributed by atoms with van der Waals surface area (Å²) < 4.78 is 5.51. The van der Waals surface area contributed by atoms with Gasteiger partial charge in [0.15, 0.2) is 0 Å². The fraction of sp³-hybridized carbons (Fsp3) is 0.391. The first kappa shape index (κ1) is 23.2. The molecular formula is C23H30N2O5. The number of carboxylic acids is 2. The third kappa shape index (κ3) is 6.77. The lowest BCUT2D eigenvalue weighted by atomic mass is 10.1. The Bertz CT molecular complexity index is 831. The Morgan fingerprint density at radius 2 is 1.53 bits per heavy atom. The number of anilines is 1. The average Bonchev–Trinajstić information content (AvgIpc) is 2.73. The standard InChI is InChI=1S/C21H28N2O.C2H2O4/c1-4-24-20-10-8-19(9-11-20)16-22-12-14-23(15-13-22)21-7-5-6-17(2)18(21)3;3-1(4)2(5)6/h5-11H,4,12-16H2,1-3H3;(H,3,4)(H,5,6). The quantitative estimate of drug-likeness (QED) is 0.726. The van der Waals surface area contributed by atoms with Crippen molar-refractivity contribution in [1.82, 2.24) is 4.90 Å². The van der Waals surface area contributed by atoms with Crippen LogP contribution in [-0.4, -0.2) is 59.8 Å². The van der Waals surface area contributed by atoms with Crippen LogP contribution in [0.1, 0.15) is 23.6 Å². The van der Waals surface area contributed by atoms with Crippen molar-refractivity contribution in [3.63, 3.8) is 0 Å². The van der Waals surface area contributed by atoms with Crippen molar-refractivity contribution in [2.75, 3.05) is 37.7 Å². The summed E-state index contributed by atoms with van der Waals surface area (Å²) in [6.45, 7) is 12.6. The van der Waals surface area contributed by atoms with Crippen LogP contribution in [0.4, 0.5) is 5.69 Å². The number of rotatable bonds is 5. The molecule has 7 nitrogen and oxygen atoms in total. The van der Waals surface area contributed by atoms with E-state index in [0.29, 0.717) is 0 Å². The molecule has 2 N–H and O–H groups in total. The van der Waals surface area contributed by atoms with E-state index >= 15 is 0 Å². The maximum Gasteiger partial charge on any atom is 0.414 e. The number of carbonyl (C=O) groups is 2. The largest absolute Gasteiger partial charge is 0.494 e. The molecular weight excluding hydrogens is 384 g/mol. The molecule has 0 spiro atoms. The fourth-order valence-corrected chi connectivity index (χ4v) is 3.34.